The van der Waals surface area contributed by atoms with Gasteiger partial charge in [0, 0.05) is 17.1 Å². The molecule has 0 radical (unpaired) electrons. The SMILES string of the molecule is CC(=O)c1ccc(NS(=O)(=O)CC(C)CCl)cc1. The highest BCUT2D eigenvalue weighted by atomic mass is 35.5. The van der Waals surface area contributed by atoms with Crippen LogP contribution in [0.15, 0.2) is 24.3 Å². The number of hydrogen-bond donors (Lipinski definition) is 1. The van der Waals surface area contributed by atoms with E-state index in [1.54, 1.807) is 31.2 Å². The predicted molar refractivity (Wildman–Crippen MR) is 73.7 cm³/mol. The number of sulfonamides is 1. The van der Waals surface area contributed by atoms with Gasteiger partial charge in [-0.25, -0.2) is 8.42 Å². The highest BCUT2D eigenvalue weighted by molar-refractivity contribution is 7.92. The van der Waals surface area contributed by atoms with Gasteiger partial charge in [0.1, 0.15) is 0 Å². The summed E-state index contributed by atoms with van der Waals surface area (Å²) in [4.78, 5) is 11.1. The van der Waals surface area contributed by atoms with Crippen LogP contribution in [0.2, 0.25) is 0 Å². The smallest absolute Gasteiger partial charge is 0.233 e. The van der Waals surface area contributed by atoms with Gasteiger partial charge in [0.2, 0.25) is 10.0 Å². The summed E-state index contributed by atoms with van der Waals surface area (Å²) >= 11 is 5.59. The molecular weight excluding hydrogens is 274 g/mol. The first-order chi connectivity index (χ1) is 8.34. The first-order valence-electron chi connectivity index (χ1n) is 5.51. The summed E-state index contributed by atoms with van der Waals surface area (Å²) in [6.07, 6.45) is 0. The number of rotatable bonds is 6. The van der Waals surface area contributed by atoms with Crippen LogP contribution in [0.4, 0.5) is 5.69 Å². The normalized spacial score (nSPS) is 13.1. The summed E-state index contributed by atoms with van der Waals surface area (Å²) in [6.45, 7) is 3.23. The molecule has 0 heterocycles. The van der Waals surface area contributed by atoms with Crippen LogP contribution in [-0.2, 0) is 10.0 Å². The van der Waals surface area contributed by atoms with Crippen LogP contribution in [0.1, 0.15) is 24.2 Å². The van der Waals surface area contributed by atoms with Crippen molar-refractivity contribution in [2.24, 2.45) is 5.92 Å². The van der Waals surface area contributed by atoms with Crippen molar-refractivity contribution < 1.29 is 13.2 Å². The Kier molecular flexibility index (Phi) is 5.16. The third-order valence-electron chi connectivity index (χ3n) is 2.33. The molecule has 1 aromatic carbocycles. The third-order valence-corrected chi connectivity index (χ3v) is 4.41. The zero-order valence-corrected chi connectivity index (χ0v) is 11.9. The van der Waals surface area contributed by atoms with E-state index in [0.717, 1.165) is 0 Å². The lowest BCUT2D eigenvalue weighted by Crippen LogP contribution is -2.22. The lowest BCUT2D eigenvalue weighted by Gasteiger charge is -2.11. The maximum atomic E-state index is 11.8. The number of benzene rings is 1. The molecule has 0 aliphatic heterocycles. The molecule has 0 aliphatic rings. The minimum absolute atomic E-state index is 0.0229. The Morgan fingerprint density at radius 1 is 1.33 bits per heavy atom. The molecule has 0 bridgehead atoms. The van der Waals surface area contributed by atoms with Crippen LogP contribution < -0.4 is 4.72 Å². The molecule has 0 saturated heterocycles. The third kappa shape index (κ3) is 4.66. The van der Waals surface area contributed by atoms with Crippen molar-refractivity contribution >= 4 is 33.1 Å². The number of alkyl halides is 1. The minimum Gasteiger partial charge on any atom is -0.295 e. The van der Waals surface area contributed by atoms with Crippen LogP contribution >= 0.6 is 11.6 Å². The van der Waals surface area contributed by atoms with E-state index in [4.69, 9.17) is 11.6 Å². The molecule has 0 spiro atoms. The van der Waals surface area contributed by atoms with Crippen LogP contribution in [-0.4, -0.2) is 25.8 Å². The molecule has 100 valence electrons. The second-order valence-electron chi connectivity index (χ2n) is 4.28. The zero-order valence-electron chi connectivity index (χ0n) is 10.3. The average molecular weight is 290 g/mol. The maximum Gasteiger partial charge on any atom is 0.233 e. The average Bonchev–Trinajstić information content (AvgIpc) is 2.28. The van der Waals surface area contributed by atoms with Gasteiger partial charge in [-0.2, -0.15) is 0 Å². The molecule has 0 amide bonds. The fourth-order valence-corrected chi connectivity index (χ4v) is 3.10. The van der Waals surface area contributed by atoms with Gasteiger partial charge in [0.05, 0.1) is 5.75 Å². The molecule has 0 aromatic heterocycles. The Bertz CT molecular complexity index is 511. The number of hydrogen-bond acceptors (Lipinski definition) is 3. The van der Waals surface area contributed by atoms with Crippen molar-refractivity contribution in [2.45, 2.75) is 13.8 Å². The summed E-state index contributed by atoms with van der Waals surface area (Å²) in [5.41, 5.74) is 0.994. The fourth-order valence-electron chi connectivity index (χ4n) is 1.41. The standard InChI is InChI=1S/C12H16ClNO3S/c1-9(7-13)8-18(16,17)14-12-5-3-11(4-6-12)10(2)15/h3-6,9,14H,7-8H2,1-2H3. The van der Waals surface area contributed by atoms with Gasteiger partial charge in [-0.05, 0) is 37.1 Å². The van der Waals surface area contributed by atoms with Crippen LogP contribution in [0, 0.1) is 5.92 Å². The Morgan fingerprint density at radius 3 is 2.33 bits per heavy atom. The van der Waals surface area contributed by atoms with Gasteiger partial charge in [0.25, 0.3) is 0 Å². The lowest BCUT2D eigenvalue weighted by molar-refractivity contribution is 0.101. The van der Waals surface area contributed by atoms with Gasteiger partial charge >= 0.3 is 0 Å². The summed E-state index contributed by atoms with van der Waals surface area (Å²) in [5.74, 6) is 0.107. The highest BCUT2D eigenvalue weighted by Gasteiger charge is 2.15. The monoisotopic (exact) mass is 289 g/mol. The van der Waals surface area contributed by atoms with Crippen LogP contribution in [0.5, 0.6) is 0 Å². The second-order valence-corrected chi connectivity index (χ2v) is 6.35. The molecule has 1 N–H and O–H groups in total. The molecule has 1 atom stereocenters. The molecule has 18 heavy (non-hydrogen) atoms. The molecule has 1 unspecified atom stereocenters. The molecule has 4 nitrogen and oxygen atoms in total. The van der Waals surface area contributed by atoms with E-state index in [-0.39, 0.29) is 17.5 Å². The van der Waals surface area contributed by atoms with Crippen molar-refractivity contribution in [2.75, 3.05) is 16.4 Å². The van der Waals surface area contributed by atoms with Gasteiger partial charge in [-0.15, -0.1) is 11.6 Å². The topological polar surface area (TPSA) is 63.2 Å². The number of nitrogens with one attached hydrogen (secondary N) is 1. The molecule has 0 aliphatic carbocycles. The van der Waals surface area contributed by atoms with Crippen LogP contribution in [0.3, 0.4) is 0 Å². The predicted octanol–water partition coefficient (Wildman–Crippen LogP) is 2.51. The van der Waals surface area contributed by atoms with E-state index in [1.807, 2.05) is 0 Å². The number of anilines is 1. The molecular formula is C12H16ClNO3S. The largest absolute Gasteiger partial charge is 0.295 e. The number of ketones is 1. The molecule has 1 rings (SSSR count). The Balaban J connectivity index is 2.75. The Hall–Kier alpha value is -1.07. The minimum atomic E-state index is -3.40. The van der Waals surface area contributed by atoms with Crippen molar-refractivity contribution in [3.05, 3.63) is 29.8 Å². The number of Topliss-reactive ketones (excluding diaryl/α,β-unsaturated/α-hetero) is 1. The van der Waals surface area contributed by atoms with Crippen molar-refractivity contribution in [3.8, 4) is 0 Å². The Labute approximate surface area is 112 Å². The second kappa shape index (κ2) is 6.20. The summed E-state index contributed by atoms with van der Waals surface area (Å²) < 4.78 is 26.0. The van der Waals surface area contributed by atoms with E-state index in [1.165, 1.54) is 6.92 Å². The maximum absolute atomic E-state index is 11.8. The van der Waals surface area contributed by atoms with E-state index in [9.17, 15) is 13.2 Å². The van der Waals surface area contributed by atoms with Gasteiger partial charge in [-0.1, -0.05) is 6.92 Å². The fraction of sp³-hybridized carbons (Fsp3) is 0.417. The van der Waals surface area contributed by atoms with E-state index >= 15 is 0 Å². The molecule has 1 aromatic rings. The number of halogens is 1. The van der Waals surface area contributed by atoms with Gasteiger partial charge in [-0.3, -0.25) is 9.52 Å². The molecule has 6 heteroatoms. The van der Waals surface area contributed by atoms with Gasteiger partial charge < -0.3 is 0 Å². The van der Waals surface area contributed by atoms with E-state index in [0.29, 0.717) is 17.1 Å². The van der Waals surface area contributed by atoms with Gasteiger partial charge in [0.15, 0.2) is 5.78 Å². The molecule has 0 saturated carbocycles. The highest BCUT2D eigenvalue weighted by Crippen LogP contribution is 2.13. The van der Waals surface area contributed by atoms with Crippen LogP contribution in [0.25, 0.3) is 0 Å². The summed E-state index contributed by atoms with van der Waals surface area (Å²) in [7, 11) is -3.40. The van der Waals surface area contributed by atoms with Crippen molar-refractivity contribution in [1.82, 2.24) is 0 Å². The zero-order chi connectivity index (χ0) is 13.8. The first kappa shape index (κ1) is 15.0. The van der Waals surface area contributed by atoms with Crippen molar-refractivity contribution in [3.63, 3.8) is 0 Å². The lowest BCUT2D eigenvalue weighted by atomic mass is 10.1. The molecule has 0 fully saturated rings. The van der Waals surface area contributed by atoms with E-state index < -0.39 is 10.0 Å². The van der Waals surface area contributed by atoms with Crippen molar-refractivity contribution in [1.29, 1.82) is 0 Å². The quantitative estimate of drug-likeness (QED) is 0.646. The number of carbonyl (C=O) groups is 1. The Morgan fingerprint density at radius 2 is 1.89 bits per heavy atom. The first-order valence-corrected chi connectivity index (χ1v) is 7.70. The van der Waals surface area contributed by atoms with E-state index in [2.05, 4.69) is 4.72 Å². The summed E-state index contributed by atoms with van der Waals surface area (Å²) in [5, 5.41) is 0. The number of carbonyl (C=O) groups excluding carboxylic acids is 1. The summed E-state index contributed by atoms with van der Waals surface area (Å²) in [6, 6.07) is 6.32.